The Morgan fingerprint density at radius 3 is 1.36 bits per heavy atom. The van der Waals surface area contributed by atoms with Crippen LogP contribution >= 0.6 is 0 Å². The Bertz CT molecular complexity index is 638. The Balaban J connectivity index is 1.76. The van der Waals surface area contributed by atoms with Gasteiger partial charge in [-0.3, -0.25) is 0 Å². The molecule has 0 heteroatoms. The van der Waals surface area contributed by atoms with Gasteiger partial charge in [-0.15, -0.1) is 0 Å². The topological polar surface area (TPSA) is 0 Å². The van der Waals surface area contributed by atoms with Crippen molar-refractivity contribution >= 4 is 0 Å². The lowest BCUT2D eigenvalue weighted by Gasteiger charge is -2.45. The molecule has 0 nitrogen and oxygen atoms in total. The van der Waals surface area contributed by atoms with E-state index in [0.29, 0.717) is 0 Å². The van der Waals surface area contributed by atoms with Crippen LogP contribution in [0.5, 0.6) is 0 Å². The van der Waals surface area contributed by atoms with Gasteiger partial charge in [-0.05, 0) is 60.5 Å². The summed E-state index contributed by atoms with van der Waals surface area (Å²) >= 11 is 0. The molecule has 0 saturated heterocycles. The van der Waals surface area contributed by atoms with Crippen LogP contribution in [0.4, 0.5) is 0 Å². The molecule has 0 bridgehead atoms. The number of rotatable bonds is 2. The summed E-state index contributed by atoms with van der Waals surface area (Å²) in [4.78, 5) is 0. The van der Waals surface area contributed by atoms with E-state index in [2.05, 4.69) is 60.7 Å². The van der Waals surface area contributed by atoms with Crippen LogP contribution in [0.1, 0.15) is 62.5 Å². The summed E-state index contributed by atoms with van der Waals surface area (Å²) in [6, 6.07) is 23.2. The summed E-state index contributed by atoms with van der Waals surface area (Å²) in [5, 5.41) is 0. The number of hydrogen-bond donors (Lipinski definition) is 0. The van der Waals surface area contributed by atoms with Crippen molar-refractivity contribution in [1.82, 2.24) is 0 Å². The van der Waals surface area contributed by atoms with E-state index < -0.39 is 0 Å². The lowest BCUT2D eigenvalue weighted by Crippen LogP contribution is -2.41. The van der Waals surface area contributed by atoms with Crippen LogP contribution in [-0.2, 0) is 5.41 Å². The summed E-state index contributed by atoms with van der Waals surface area (Å²) in [7, 11) is 0. The molecule has 0 radical (unpaired) electrons. The van der Waals surface area contributed by atoms with E-state index >= 15 is 0 Å². The normalized spacial score (nSPS) is 33.4. The standard InChI is InChI=1S/C25H30/c1-3-11-19(12-4-1)25(20-13-5-2-6-14-20)23-17-9-7-15-21(23)22-16-8-10-18-24(22)25/h1-6,11-14,21-24H,7-10,15-18H2. The Hall–Kier alpha value is -1.56. The Kier molecular flexibility index (Phi) is 3.95. The second kappa shape index (κ2) is 6.31. The van der Waals surface area contributed by atoms with E-state index in [1.165, 1.54) is 51.4 Å². The van der Waals surface area contributed by atoms with Crippen LogP contribution in [0.25, 0.3) is 0 Å². The highest BCUT2D eigenvalue weighted by Crippen LogP contribution is 2.66. The van der Waals surface area contributed by atoms with Gasteiger partial charge < -0.3 is 0 Å². The summed E-state index contributed by atoms with van der Waals surface area (Å²) in [6.45, 7) is 0. The first-order valence-electron chi connectivity index (χ1n) is 10.5. The zero-order chi connectivity index (χ0) is 16.7. The third-order valence-corrected chi connectivity index (χ3v) is 7.86. The van der Waals surface area contributed by atoms with Crippen LogP contribution in [0.3, 0.4) is 0 Å². The average Bonchev–Trinajstić information content (AvgIpc) is 3.01. The largest absolute Gasteiger partial charge is 0.0622 e. The predicted octanol–water partition coefficient (Wildman–Crippen LogP) is 6.60. The first-order chi connectivity index (χ1) is 12.4. The van der Waals surface area contributed by atoms with Crippen molar-refractivity contribution < 1.29 is 0 Å². The highest BCUT2D eigenvalue weighted by molar-refractivity contribution is 5.44. The zero-order valence-corrected chi connectivity index (χ0v) is 15.2. The molecule has 0 amide bonds. The van der Waals surface area contributed by atoms with Gasteiger partial charge in [0.2, 0.25) is 0 Å². The molecule has 2 aromatic carbocycles. The molecular weight excluding hydrogens is 300 g/mol. The van der Waals surface area contributed by atoms with Crippen LogP contribution in [0.15, 0.2) is 60.7 Å². The summed E-state index contributed by atoms with van der Waals surface area (Å²) in [5.41, 5.74) is 3.47. The fourth-order valence-corrected chi connectivity index (χ4v) is 7.20. The van der Waals surface area contributed by atoms with E-state index in [1.54, 1.807) is 11.1 Å². The van der Waals surface area contributed by atoms with Gasteiger partial charge >= 0.3 is 0 Å². The fraction of sp³-hybridized carbons (Fsp3) is 0.520. The molecule has 5 rings (SSSR count). The number of fused-ring (bicyclic) bond motifs is 3. The van der Waals surface area contributed by atoms with Gasteiger partial charge in [0.1, 0.15) is 0 Å². The molecule has 4 unspecified atom stereocenters. The molecule has 3 aliphatic rings. The summed E-state index contributed by atoms with van der Waals surface area (Å²) in [5.74, 6) is 3.61. The van der Waals surface area contributed by atoms with Gasteiger partial charge in [0, 0.05) is 5.41 Å². The van der Waals surface area contributed by atoms with Gasteiger partial charge in [0.05, 0.1) is 0 Å². The molecular formula is C25H30. The minimum atomic E-state index is 0.263. The van der Waals surface area contributed by atoms with E-state index in [9.17, 15) is 0 Å². The van der Waals surface area contributed by atoms with Crippen LogP contribution < -0.4 is 0 Å². The van der Waals surface area contributed by atoms with E-state index in [4.69, 9.17) is 0 Å². The van der Waals surface area contributed by atoms with Crippen LogP contribution in [-0.4, -0.2) is 0 Å². The van der Waals surface area contributed by atoms with Crippen molar-refractivity contribution in [2.45, 2.75) is 56.8 Å². The Morgan fingerprint density at radius 2 is 0.920 bits per heavy atom. The second-order valence-corrected chi connectivity index (χ2v) is 8.71. The van der Waals surface area contributed by atoms with Gasteiger partial charge in [0.15, 0.2) is 0 Å². The van der Waals surface area contributed by atoms with E-state index in [-0.39, 0.29) is 5.41 Å². The smallest absolute Gasteiger partial charge is 0.0264 e. The first kappa shape index (κ1) is 15.7. The minimum Gasteiger partial charge on any atom is -0.0622 e. The maximum Gasteiger partial charge on any atom is 0.0264 e. The van der Waals surface area contributed by atoms with Gasteiger partial charge in [-0.1, -0.05) is 86.3 Å². The van der Waals surface area contributed by atoms with Gasteiger partial charge in [-0.25, -0.2) is 0 Å². The maximum atomic E-state index is 2.44. The average molecular weight is 331 g/mol. The zero-order valence-electron chi connectivity index (χ0n) is 15.2. The summed E-state index contributed by atoms with van der Waals surface area (Å²) in [6.07, 6.45) is 11.6. The first-order valence-corrected chi connectivity index (χ1v) is 10.5. The molecule has 3 saturated carbocycles. The minimum absolute atomic E-state index is 0.263. The monoisotopic (exact) mass is 330 g/mol. The van der Waals surface area contributed by atoms with E-state index in [1.807, 2.05) is 0 Å². The fourth-order valence-electron chi connectivity index (χ4n) is 7.20. The highest BCUT2D eigenvalue weighted by atomic mass is 14.6. The molecule has 25 heavy (non-hydrogen) atoms. The molecule has 0 aliphatic heterocycles. The van der Waals surface area contributed by atoms with Crippen LogP contribution in [0, 0.1) is 23.7 Å². The Labute approximate surface area is 152 Å². The molecule has 0 N–H and O–H groups in total. The van der Waals surface area contributed by atoms with Crippen molar-refractivity contribution in [3.8, 4) is 0 Å². The molecule has 2 aromatic rings. The summed E-state index contributed by atoms with van der Waals surface area (Å²) < 4.78 is 0. The highest BCUT2D eigenvalue weighted by Gasteiger charge is 2.61. The SMILES string of the molecule is c1ccc(C2(c3ccccc3)C3CCCCC3C3CCCCC32)cc1. The molecule has 0 heterocycles. The van der Waals surface area contributed by atoms with Crippen LogP contribution in [0.2, 0.25) is 0 Å². The van der Waals surface area contributed by atoms with Gasteiger partial charge in [-0.2, -0.15) is 0 Å². The quantitative estimate of drug-likeness (QED) is 0.582. The lowest BCUT2D eigenvalue weighted by atomic mass is 9.58. The molecule has 3 fully saturated rings. The van der Waals surface area contributed by atoms with Crippen molar-refractivity contribution in [3.05, 3.63) is 71.8 Å². The third-order valence-electron chi connectivity index (χ3n) is 7.86. The molecule has 4 atom stereocenters. The molecule has 130 valence electrons. The molecule has 0 aromatic heterocycles. The maximum absolute atomic E-state index is 2.44. The Morgan fingerprint density at radius 1 is 0.520 bits per heavy atom. The van der Waals surface area contributed by atoms with Crippen molar-refractivity contribution in [2.75, 3.05) is 0 Å². The number of hydrogen-bond acceptors (Lipinski definition) is 0. The third kappa shape index (κ3) is 2.26. The van der Waals surface area contributed by atoms with Gasteiger partial charge in [0.25, 0.3) is 0 Å². The van der Waals surface area contributed by atoms with Crippen molar-refractivity contribution in [2.24, 2.45) is 23.7 Å². The molecule has 3 aliphatic carbocycles. The van der Waals surface area contributed by atoms with Crippen molar-refractivity contribution in [3.63, 3.8) is 0 Å². The molecule has 0 spiro atoms. The van der Waals surface area contributed by atoms with Crippen molar-refractivity contribution in [1.29, 1.82) is 0 Å². The van der Waals surface area contributed by atoms with E-state index in [0.717, 1.165) is 23.7 Å². The predicted molar refractivity (Wildman–Crippen MR) is 105 cm³/mol. The second-order valence-electron chi connectivity index (χ2n) is 8.71. The number of benzene rings is 2. The lowest BCUT2D eigenvalue weighted by molar-refractivity contribution is 0.184.